The zero-order chi connectivity index (χ0) is 11.3. The van der Waals surface area contributed by atoms with Crippen molar-refractivity contribution in [3.63, 3.8) is 0 Å². The molecule has 1 unspecified atom stereocenters. The minimum atomic E-state index is -4.60. The Bertz CT molecular complexity index is 292. The molecule has 0 saturated heterocycles. The van der Waals surface area contributed by atoms with Gasteiger partial charge in [0, 0.05) is 6.04 Å². The average molecular weight is 256 g/mol. The highest BCUT2D eigenvalue weighted by atomic mass is 35.5. The molecule has 0 radical (unpaired) electrons. The summed E-state index contributed by atoms with van der Waals surface area (Å²) in [4.78, 5) is 0. The van der Waals surface area contributed by atoms with Crippen molar-refractivity contribution in [3.05, 3.63) is 35.9 Å². The van der Waals surface area contributed by atoms with Gasteiger partial charge in [0.1, 0.15) is 0 Å². The summed E-state index contributed by atoms with van der Waals surface area (Å²) in [6.07, 6.45) is -4.23. The van der Waals surface area contributed by atoms with Crippen molar-refractivity contribution in [3.8, 4) is 0 Å². The molecule has 2 N–H and O–H groups in total. The van der Waals surface area contributed by atoms with Crippen LogP contribution in [0.3, 0.4) is 0 Å². The third-order valence-electron chi connectivity index (χ3n) is 1.80. The molecule has 16 heavy (non-hydrogen) atoms. The van der Waals surface area contributed by atoms with Crippen molar-refractivity contribution in [2.24, 2.45) is 5.73 Å². The summed E-state index contributed by atoms with van der Waals surface area (Å²) in [6, 6.07) is 8.44. The van der Waals surface area contributed by atoms with Crippen LogP contribution in [0.25, 0.3) is 0 Å². The lowest BCUT2D eigenvalue weighted by atomic mass is 10.1. The maximum absolute atomic E-state index is 11.7. The molecule has 92 valence electrons. The SMILES string of the molecule is Cl.NC(COC(F)(F)F)Cc1ccccc1. The highest BCUT2D eigenvalue weighted by Crippen LogP contribution is 2.16. The van der Waals surface area contributed by atoms with Gasteiger partial charge in [-0.2, -0.15) is 0 Å². The molecule has 1 aromatic carbocycles. The van der Waals surface area contributed by atoms with Crippen LogP contribution < -0.4 is 5.73 Å². The molecule has 1 aromatic rings. The minimum Gasteiger partial charge on any atom is -0.325 e. The van der Waals surface area contributed by atoms with E-state index in [0.29, 0.717) is 6.42 Å². The molecule has 0 aliphatic carbocycles. The van der Waals surface area contributed by atoms with E-state index in [2.05, 4.69) is 4.74 Å². The fourth-order valence-electron chi connectivity index (χ4n) is 1.18. The molecule has 0 bridgehead atoms. The van der Waals surface area contributed by atoms with Crippen LogP contribution in [0.5, 0.6) is 0 Å². The predicted octanol–water partition coefficient (Wildman–Crippen LogP) is 2.51. The quantitative estimate of drug-likeness (QED) is 0.897. The summed E-state index contributed by atoms with van der Waals surface area (Å²) in [7, 11) is 0. The second-order valence-corrected chi connectivity index (χ2v) is 3.21. The van der Waals surface area contributed by atoms with Crippen molar-refractivity contribution in [2.75, 3.05) is 6.61 Å². The molecule has 1 atom stereocenters. The number of halogens is 4. The van der Waals surface area contributed by atoms with Gasteiger partial charge < -0.3 is 5.73 Å². The molecule has 0 aromatic heterocycles. The van der Waals surface area contributed by atoms with E-state index in [0.717, 1.165) is 5.56 Å². The smallest absolute Gasteiger partial charge is 0.325 e. The first-order valence-corrected chi connectivity index (χ1v) is 4.47. The summed E-state index contributed by atoms with van der Waals surface area (Å²) in [6.45, 7) is -0.515. The van der Waals surface area contributed by atoms with Gasteiger partial charge >= 0.3 is 6.36 Å². The summed E-state index contributed by atoms with van der Waals surface area (Å²) in [5.74, 6) is 0. The minimum absolute atomic E-state index is 0. The van der Waals surface area contributed by atoms with E-state index in [-0.39, 0.29) is 12.4 Å². The number of alkyl halides is 3. The Labute approximate surface area is 98.0 Å². The highest BCUT2D eigenvalue weighted by Gasteiger charge is 2.29. The van der Waals surface area contributed by atoms with Crippen LogP contribution in [0.15, 0.2) is 30.3 Å². The van der Waals surface area contributed by atoms with Gasteiger partial charge in [-0.25, -0.2) is 0 Å². The number of ether oxygens (including phenoxy) is 1. The lowest BCUT2D eigenvalue weighted by Gasteiger charge is -2.13. The predicted molar refractivity (Wildman–Crippen MR) is 57.4 cm³/mol. The second kappa shape index (κ2) is 6.73. The normalized spacial score (nSPS) is 13.0. The van der Waals surface area contributed by atoms with Gasteiger partial charge in [0.2, 0.25) is 0 Å². The molecular formula is C10H13ClF3NO. The van der Waals surface area contributed by atoms with Crippen molar-refractivity contribution in [1.82, 2.24) is 0 Å². The van der Waals surface area contributed by atoms with Crippen LogP contribution >= 0.6 is 12.4 Å². The lowest BCUT2D eigenvalue weighted by Crippen LogP contribution is -2.31. The molecule has 0 aliphatic heterocycles. The van der Waals surface area contributed by atoms with Crippen LogP contribution in [0.2, 0.25) is 0 Å². The number of hydrogen-bond acceptors (Lipinski definition) is 2. The second-order valence-electron chi connectivity index (χ2n) is 3.21. The number of benzene rings is 1. The molecular weight excluding hydrogens is 243 g/mol. The van der Waals surface area contributed by atoms with Gasteiger partial charge in [0.15, 0.2) is 0 Å². The largest absolute Gasteiger partial charge is 0.522 e. The number of nitrogens with two attached hydrogens (primary N) is 1. The van der Waals surface area contributed by atoms with Crippen LogP contribution in [-0.4, -0.2) is 19.0 Å². The summed E-state index contributed by atoms with van der Waals surface area (Å²) in [5, 5.41) is 0. The fourth-order valence-corrected chi connectivity index (χ4v) is 1.18. The van der Waals surface area contributed by atoms with Crippen molar-refractivity contribution >= 4 is 12.4 Å². The highest BCUT2D eigenvalue weighted by molar-refractivity contribution is 5.85. The average Bonchev–Trinajstić information content (AvgIpc) is 2.15. The van der Waals surface area contributed by atoms with Gasteiger partial charge in [0.05, 0.1) is 6.61 Å². The number of rotatable bonds is 4. The first kappa shape index (κ1) is 15.2. The van der Waals surface area contributed by atoms with Gasteiger partial charge in [0.25, 0.3) is 0 Å². The molecule has 0 aliphatic rings. The van der Waals surface area contributed by atoms with Crippen molar-refractivity contribution in [1.29, 1.82) is 0 Å². The van der Waals surface area contributed by atoms with Gasteiger partial charge in [-0.15, -0.1) is 25.6 Å². The Hall–Kier alpha value is -0.780. The van der Waals surface area contributed by atoms with Gasteiger partial charge in [-0.1, -0.05) is 30.3 Å². The monoisotopic (exact) mass is 255 g/mol. The molecule has 0 saturated carbocycles. The fraction of sp³-hybridized carbons (Fsp3) is 0.400. The third-order valence-corrected chi connectivity index (χ3v) is 1.80. The third kappa shape index (κ3) is 6.66. The summed E-state index contributed by atoms with van der Waals surface area (Å²) in [5.41, 5.74) is 6.39. The van der Waals surface area contributed by atoms with E-state index in [1.807, 2.05) is 30.3 Å². The van der Waals surface area contributed by atoms with Crippen LogP contribution in [0.4, 0.5) is 13.2 Å². The summed E-state index contributed by atoms with van der Waals surface area (Å²) < 4.78 is 38.7. The molecule has 2 nitrogen and oxygen atoms in total. The molecule has 0 amide bonds. The van der Waals surface area contributed by atoms with Gasteiger partial charge in [-0.05, 0) is 12.0 Å². The number of hydrogen-bond donors (Lipinski definition) is 1. The lowest BCUT2D eigenvalue weighted by molar-refractivity contribution is -0.325. The molecule has 0 heterocycles. The molecule has 0 spiro atoms. The first-order valence-electron chi connectivity index (χ1n) is 4.47. The van der Waals surface area contributed by atoms with Crippen LogP contribution in [-0.2, 0) is 11.2 Å². The van der Waals surface area contributed by atoms with E-state index in [4.69, 9.17) is 5.73 Å². The van der Waals surface area contributed by atoms with Crippen LogP contribution in [0, 0.1) is 0 Å². The first-order chi connectivity index (χ1) is 6.97. The Morgan fingerprint density at radius 3 is 2.25 bits per heavy atom. The molecule has 6 heteroatoms. The van der Waals surface area contributed by atoms with E-state index in [1.165, 1.54) is 0 Å². The Morgan fingerprint density at radius 2 is 1.75 bits per heavy atom. The van der Waals surface area contributed by atoms with E-state index >= 15 is 0 Å². The zero-order valence-electron chi connectivity index (χ0n) is 8.41. The topological polar surface area (TPSA) is 35.2 Å². The van der Waals surface area contributed by atoms with E-state index in [9.17, 15) is 13.2 Å². The maximum atomic E-state index is 11.7. The molecule has 0 fully saturated rings. The molecule has 1 rings (SSSR count). The Balaban J connectivity index is 0.00000225. The van der Waals surface area contributed by atoms with E-state index in [1.54, 1.807) is 0 Å². The standard InChI is InChI=1S/C10H12F3NO.ClH/c11-10(12,13)15-7-9(14)6-8-4-2-1-3-5-8;/h1-5,9H,6-7,14H2;1H. The summed E-state index contributed by atoms with van der Waals surface area (Å²) >= 11 is 0. The van der Waals surface area contributed by atoms with Crippen molar-refractivity contribution in [2.45, 2.75) is 18.8 Å². The van der Waals surface area contributed by atoms with Gasteiger partial charge in [-0.3, -0.25) is 4.74 Å². The Kier molecular flexibility index (Phi) is 6.40. The zero-order valence-corrected chi connectivity index (χ0v) is 9.22. The Morgan fingerprint density at radius 1 is 1.19 bits per heavy atom. The van der Waals surface area contributed by atoms with Crippen molar-refractivity contribution < 1.29 is 17.9 Å². The maximum Gasteiger partial charge on any atom is 0.522 e. The van der Waals surface area contributed by atoms with E-state index < -0.39 is 19.0 Å². The van der Waals surface area contributed by atoms with Crippen LogP contribution in [0.1, 0.15) is 5.56 Å².